The fourth-order valence-corrected chi connectivity index (χ4v) is 2.62. The van der Waals surface area contributed by atoms with E-state index in [0.717, 1.165) is 34.1 Å². The Kier molecular flexibility index (Phi) is 4.95. The summed E-state index contributed by atoms with van der Waals surface area (Å²) in [5, 5.41) is 4.96. The molecule has 2 rings (SSSR count). The van der Waals surface area contributed by atoms with Gasteiger partial charge in [-0.25, -0.2) is 9.97 Å². The Morgan fingerprint density at radius 3 is 2.94 bits per heavy atom. The third-order valence-corrected chi connectivity index (χ3v) is 3.65. The molecule has 0 unspecified atom stereocenters. The molecule has 0 saturated heterocycles. The van der Waals surface area contributed by atoms with E-state index in [1.807, 2.05) is 24.5 Å². The van der Waals surface area contributed by atoms with Crippen molar-refractivity contribution in [3.05, 3.63) is 30.2 Å². The number of furan rings is 1. The van der Waals surface area contributed by atoms with Crippen LogP contribution in [0.1, 0.15) is 12.7 Å². The highest BCUT2D eigenvalue weighted by Gasteiger charge is 2.05. The maximum absolute atomic E-state index is 5.30. The summed E-state index contributed by atoms with van der Waals surface area (Å²) in [5.74, 6) is 2.61. The first-order valence-corrected chi connectivity index (χ1v) is 7.85. The van der Waals surface area contributed by atoms with Crippen LogP contribution in [0, 0.1) is 0 Å². The summed E-state index contributed by atoms with van der Waals surface area (Å²) in [6.45, 7) is 2.91. The number of rotatable bonds is 6. The van der Waals surface area contributed by atoms with Crippen molar-refractivity contribution < 1.29 is 4.42 Å². The van der Waals surface area contributed by atoms with Gasteiger partial charge in [0.15, 0.2) is 5.16 Å². The van der Waals surface area contributed by atoms with Crippen LogP contribution in [0.5, 0.6) is 0 Å². The third-order valence-electron chi connectivity index (χ3n) is 2.17. The molecule has 6 heteroatoms. The Labute approximate surface area is 115 Å². The molecule has 4 nitrogen and oxygen atoms in total. The first-order chi connectivity index (χ1) is 8.81. The van der Waals surface area contributed by atoms with E-state index in [-0.39, 0.29) is 0 Å². The fraction of sp³-hybridized carbons (Fsp3) is 0.333. The molecule has 1 N–H and O–H groups in total. The standard InChI is InChI=1S/C12H15N3OS2/c1-3-13-10-7-11(15-12(14-10)17-2)18-8-9-5-4-6-16-9/h4-7H,3,8H2,1-2H3,(H,13,14,15). The lowest BCUT2D eigenvalue weighted by molar-refractivity contribution is 0.530. The van der Waals surface area contributed by atoms with Crippen molar-refractivity contribution in [2.24, 2.45) is 0 Å². The molecule has 18 heavy (non-hydrogen) atoms. The minimum absolute atomic E-state index is 0.781. The molecule has 0 aliphatic rings. The molecule has 0 fully saturated rings. The van der Waals surface area contributed by atoms with E-state index < -0.39 is 0 Å². The van der Waals surface area contributed by atoms with E-state index in [1.54, 1.807) is 29.8 Å². The normalized spacial score (nSPS) is 10.6. The maximum Gasteiger partial charge on any atom is 0.190 e. The fourth-order valence-electron chi connectivity index (χ4n) is 1.38. The number of hydrogen-bond acceptors (Lipinski definition) is 6. The zero-order chi connectivity index (χ0) is 12.8. The highest BCUT2D eigenvalue weighted by atomic mass is 32.2. The van der Waals surface area contributed by atoms with Crippen molar-refractivity contribution in [1.82, 2.24) is 9.97 Å². The van der Waals surface area contributed by atoms with Gasteiger partial charge < -0.3 is 9.73 Å². The van der Waals surface area contributed by atoms with Gasteiger partial charge in [-0.1, -0.05) is 23.5 Å². The van der Waals surface area contributed by atoms with Crippen LogP contribution in [0.3, 0.4) is 0 Å². The quantitative estimate of drug-likeness (QED) is 0.497. The largest absolute Gasteiger partial charge is 0.468 e. The summed E-state index contributed by atoms with van der Waals surface area (Å²) in [6.07, 6.45) is 3.67. The number of nitrogens with zero attached hydrogens (tertiary/aromatic N) is 2. The minimum Gasteiger partial charge on any atom is -0.468 e. The molecule has 0 atom stereocenters. The SMILES string of the molecule is CCNc1cc(SCc2ccco2)nc(SC)n1. The van der Waals surface area contributed by atoms with E-state index in [4.69, 9.17) is 4.42 Å². The van der Waals surface area contributed by atoms with Crippen molar-refractivity contribution in [3.8, 4) is 0 Å². The molecule has 0 aliphatic heterocycles. The Morgan fingerprint density at radius 1 is 1.39 bits per heavy atom. The van der Waals surface area contributed by atoms with Crippen LogP contribution in [-0.2, 0) is 5.75 Å². The molecule has 0 saturated carbocycles. The van der Waals surface area contributed by atoms with Crippen LogP contribution in [0.15, 0.2) is 39.1 Å². The molecule has 2 aromatic heterocycles. The second-order valence-corrected chi connectivity index (χ2v) is 5.25. The highest BCUT2D eigenvalue weighted by molar-refractivity contribution is 7.99. The van der Waals surface area contributed by atoms with Gasteiger partial charge in [0.2, 0.25) is 0 Å². The average Bonchev–Trinajstić information content (AvgIpc) is 2.89. The van der Waals surface area contributed by atoms with Crippen molar-refractivity contribution in [1.29, 1.82) is 0 Å². The second kappa shape index (κ2) is 6.70. The predicted octanol–water partition coefficient (Wildman–Crippen LogP) is 3.52. The van der Waals surface area contributed by atoms with Crippen molar-refractivity contribution >= 4 is 29.3 Å². The molecular weight excluding hydrogens is 266 g/mol. The number of anilines is 1. The van der Waals surface area contributed by atoms with E-state index in [2.05, 4.69) is 22.2 Å². The molecule has 0 aliphatic carbocycles. The van der Waals surface area contributed by atoms with Crippen LogP contribution in [0.25, 0.3) is 0 Å². The lowest BCUT2D eigenvalue weighted by Gasteiger charge is -2.06. The zero-order valence-electron chi connectivity index (χ0n) is 10.3. The van der Waals surface area contributed by atoms with Crippen molar-refractivity contribution in [2.45, 2.75) is 22.9 Å². The molecule has 0 bridgehead atoms. The lowest BCUT2D eigenvalue weighted by Crippen LogP contribution is -2.01. The molecule has 0 radical (unpaired) electrons. The Hall–Kier alpha value is -1.14. The predicted molar refractivity (Wildman–Crippen MR) is 76.2 cm³/mol. The summed E-state index contributed by atoms with van der Waals surface area (Å²) in [7, 11) is 0. The number of aromatic nitrogens is 2. The van der Waals surface area contributed by atoms with Gasteiger partial charge in [0.25, 0.3) is 0 Å². The third kappa shape index (κ3) is 3.68. The highest BCUT2D eigenvalue weighted by Crippen LogP contribution is 2.25. The lowest BCUT2D eigenvalue weighted by atomic mass is 10.5. The van der Waals surface area contributed by atoms with Gasteiger partial charge in [-0.2, -0.15) is 0 Å². The van der Waals surface area contributed by atoms with Gasteiger partial charge >= 0.3 is 0 Å². The molecule has 96 valence electrons. The van der Waals surface area contributed by atoms with Gasteiger partial charge in [-0.15, -0.1) is 0 Å². The van der Waals surface area contributed by atoms with E-state index in [1.165, 1.54) is 0 Å². The summed E-state index contributed by atoms with van der Waals surface area (Å²) in [5.41, 5.74) is 0. The zero-order valence-corrected chi connectivity index (χ0v) is 12.0. The van der Waals surface area contributed by atoms with Crippen LogP contribution in [0.4, 0.5) is 5.82 Å². The summed E-state index contributed by atoms with van der Waals surface area (Å²) in [6, 6.07) is 5.83. The first-order valence-electron chi connectivity index (χ1n) is 5.64. The summed E-state index contributed by atoms with van der Waals surface area (Å²) in [4.78, 5) is 8.86. The van der Waals surface area contributed by atoms with Crippen LogP contribution in [-0.4, -0.2) is 22.8 Å². The van der Waals surface area contributed by atoms with Gasteiger partial charge in [-0.3, -0.25) is 0 Å². The topological polar surface area (TPSA) is 51.0 Å². The van der Waals surface area contributed by atoms with Crippen molar-refractivity contribution in [2.75, 3.05) is 18.1 Å². The van der Waals surface area contributed by atoms with Crippen LogP contribution < -0.4 is 5.32 Å². The van der Waals surface area contributed by atoms with E-state index in [0.29, 0.717) is 0 Å². The van der Waals surface area contributed by atoms with Crippen LogP contribution in [0.2, 0.25) is 0 Å². The van der Waals surface area contributed by atoms with Gasteiger partial charge in [0.1, 0.15) is 16.6 Å². The number of hydrogen-bond donors (Lipinski definition) is 1. The van der Waals surface area contributed by atoms with Gasteiger partial charge in [0, 0.05) is 12.6 Å². The Bertz CT molecular complexity index is 488. The smallest absolute Gasteiger partial charge is 0.190 e. The summed E-state index contributed by atoms with van der Waals surface area (Å²) < 4.78 is 5.30. The van der Waals surface area contributed by atoms with E-state index >= 15 is 0 Å². The summed E-state index contributed by atoms with van der Waals surface area (Å²) >= 11 is 3.20. The van der Waals surface area contributed by atoms with Gasteiger partial charge in [-0.05, 0) is 25.3 Å². The van der Waals surface area contributed by atoms with Crippen LogP contribution >= 0.6 is 23.5 Å². The Morgan fingerprint density at radius 2 is 2.28 bits per heavy atom. The van der Waals surface area contributed by atoms with E-state index in [9.17, 15) is 0 Å². The molecule has 2 aromatic rings. The Balaban J connectivity index is 2.08. The minimum atomic E-state index is 0.781. The molecule has 0 amide bonds. The first kappa shape index (κ1) is 13.3. The molecule has 0 spiro atoms. The number of thioether (sulfide) groups is 2. The van der Waals surface area contributed by atoms with Gasteiger partial charge in [0.05, 0.1) is 12.0 Å². The number of nitrogens with one attached hydrogen (secondary N) is 1. The molecule has 0 aromatic carbocycles. The monoisotopic (exact) mass is 281 g/mol. The maximum atomic E-state index is 5.30. The van der Waals surface area contributed by atoms with Crippen molar-refractivity contribution in [3.63, 3.8) is 0 Å². The second-order valence-electron chi connectivity index (χ2n) is 3.48. The average molecular weight is 281 g/mol. The molecular formula is C12H15N3OS2. The molecule has 2 heterocycles.